The van der Waals surface area contributed by atoms with Crippen molar-refractivity contribution < 1.29 is 19.1 Å². The van der Waals surface area contributed by atoms with Crippen LogP contribution in [0.3, 0.4) is 0 Å². The van der Waals surface area contributed by atoms with Crippen molar-refractivity contribution in [1.29, 1.82) is 0 Å². The Morgan fingerprint density at radius 3 is 2.41 bits per heavy atom. The van der Waals surface area contributed by atoms with E-state index in [4.69, 9.17) is 9.47 Å². The molecule has 138 valence electrons. The molecule has 7 nitrogen and oxygen atoms in total. The monoisotopic (exact) mass is 383 g/mol. The Morgan fingerprint density at radius 2 is 1.78 bits per heavy atom. The van der Waals surface area contributed by atoms with Crippen molar-refractivity contribution in [2.45, 2.75) is 6.92 Å². The molecule has 1 amide bonds. The molecule has 0 aliphatic rings. The van der Waals surface area contributed by atoms with Gasteiger partial charge in [-0.2, -0.15) is 0 Å². The summed E-state index contributed by atoms with van der Waals surface area (Å²) in [4.78, 5) is 24.7. The Morgan fingerprint density at radius 1 is 1.07 bits per heavy atom. The molecule has 0 saturated heterocycles. The molecule has 0 saturated carbocycles. The fourth-order valence-electron chi connectivity index (χ4n) is 2.37. The number of aromatic nitrogens is 2. The SMILES string of the molecule is CCOC(=O)c1ccc(NC(=O)c2snnc2-c2ccc(OC)cc2)cc1. The zero-order chi connectivity index (χ0) is 19.2. The molecule has 0 unspecified atom stereocenters. The summed E-state index contributed by atoms with van der Waals surface area (Å²) in [5.41, 5.74) is 2.26. The second-order valence-electron chi connectivity index (χ2n) is 5.43. The molecular weight excluding hydrogens is 366 g/mol. The van der Waals surface area contributed by atoms with E-state index in [9.17, 15) is 9.59 Å². The second kappa shape index (κ2) is 8.41. The number of benzene rings is 2. The predicted octanol–water partition coefficient (Wildman–Crippen LogP) is 3.64. The van der Waals surface area contributed by atoms with Gasteiger partial charge in [0, 0.05) is 11.3 Å². The lowest BCUT2D eigenvalue weighted by atomic mass is 10.1. The van der Waals surface area contributed by atoms with Crippen molar-refractivity contribution >= 4 is 29.1 Å². The van der Waals surface area contributed by atoms with Crippen molar-refractivity contribution in [2.75, 3.05) is 19.0 Å². The predicted molar refractivity (Wildman–Crippen MR) is 102 cm³/mol. The van der Waals surface area contributed by atoms with E-state index in [0.717, 1.165) is 22.8 Å². The van der Waals surface area contributed by atoms with Crippen LogP contribution in [0.4, 0.5) is 5.69 Å². The lowest BCUT2D eigenvalue weighted by molar-refractivity contribution is 0.0526. The highest BCUT2D eigenvalue weighted by Crippen LogP contribution is 2.26. The van der Waals surface area contributed by atoms with Gasteiger partial charge in [-0.15, -0.1) is 5.10 Å². The fourth-order valence-corrected chi connectivity index (χ4v) is 2.95. The van der Waals surface area contributed by atoms with Gasteiger partial charge in [-0.05, 0) is 67.0 Å². The molecule has 1 heterocycles. The van der Waals surface area contributed by atoms with Crippen molar-refractivity contribution in [1.82, 2.24) is 9.59 Å². The van der Waals surface area contributed by atoms with Crippen LogP contribution in [-0.2, 0) is 4.74 Å². The highest BCUT2D eigenvalue weighted by molar-refractivity contribution is 7.08. The third-order valence-electron chi connectivity index (χ3n) is 3.71. The minimum absolute atomic E-state index is 0.309. The fraction of sp³-hybridized carbons (Fsp3) is 0.158. The van der Waals surface area contributed by atoms with Crippen molar-refractivity contribution in [3.8, 4) is 17.0 Å². The van der Waals surface area contributed by atoms with Gasteiger partial charge >= 0.3 is 5.97 Å². The Labute approximate surface area is 160 Å². The number of rotatable bonds is 6. The number of hydrogen-bond acceptors (Lipinski definition) is 7. The number of esters is 1. The average molecular weight is 383 g/mol. The number of nitrogens with zero attached hydrogens (tertiary/aromatic N) is 2. The number of amides is 1. The van der Waals surface area contributed by atoms with E-state index in [2.05, 4.69) is 14.9 Å². The van der Waals surface area contributed by atoms with Gasteiger partial charge in [0.25, 0.3) is 5.91 Å². The van der Waals surface area contributed by atoms with Gasteiger partial charge in [-0.25, -0.2) is 4.79 Å². The van der Waals surface area contributed by atoms with Gasteiger partial charge in [0.2, 0.25) is 0 Å². The van der Waals surface area contributed by atoms with Gasteiger partial charge in [0.15, 0.2) is 0 Å². The summed E-state index contributed by atoms with van der Waals surface area (Å²) in [5, 5.41) is 6.86. The maximum absolute atomic E-state index is 12.6. The molecule has 27 heavy (non-hydrogen) atoms. The first kappa shape index (κ1) is 18.5. The summed E-state index contributed by atoms with van der Waals surface area (Å²) < 4.78 is 14.0. The van der Waals surface area contributed by atoms with Crippen LogP contribution in [0.15, 0.2) is 48.5 Å². The van der Waals surface area contributed by atoms with Gasteiger partial charge < -0.3 is 14.8 Å². The lowest BCUT2D eigenvalue weighted by Crippen LogP contribution is -2.12. The highest BCUT2D eigenvalue weighted by atomic mass is 32.1. The Bertz CT molecular complexity index is 936. The molecule has 0 atom stereocenters. The van der Waals surface area contributed by atoms with Crippen LogP contribution in [0.25, 0.3) is 11.3 Å². The third kappa shape index (κ3) is 4.29. The van der Waals surface area contributed by atoms with E-state index in [-0.39, 0.29) is 5.91 Å². The quantitative estimate of drug-likeness (QED) is 0.654. The zero-order valence-electron chi connectivity index (χ0n) is 14.8. The Kier molecular flexibility index (Phi) is 5.77. The topological polar surface area (TPSA) is 90.4 Å². The summed E-state index contributed by atoms with van der Waals surface area (Å²) in [5.74, 6) is -0.00171. The van der Waals surface area contributed by atoms with Crippen molar-refractivity contribution in [3.05, 3.63) is 59.0 Å². The largest absolute Gasteiger partial charge is 0.497 e. The van der Waals surface area contributed by atoms with E-state index in [1.165, 1.54) is 0 Å². The smallest absolute Gasteiger partial charge is 0.338 e. The number of nitrogens with one attached hydrogen (secondary N) is 1. The van der Waals surface area contributed by atoms with Crippen LogP contribution in [0.5, 0.6) is 5.75 Å². The number of anilines is 1. The summed E-state index contributed by atoms with van der Waals surface area (Å²) >= 11 is 1.02. The van der Waals surface area contributed by atoms with Crippen LogP contribution in [0, 0.1) is 0 Å². The molecule has 0 aliphatic heterocycles. The van der Waals surface area contributed by atoms with E-state index in [1.54, 1.807) is 50.4 Å². The van der Waals surface area contributed by atoms with Crippen LogP contribution >= 0.6 is 11.5 Å². The van der Waals surface area contributed by atoms with Crippen LogP contribution in [0.2, 0.25) is 0 Å². The van der Waals surface area contributed by atoms with Crippen molar-refractivity contribution in [2.24, 2.45) is 0 Å². The Hall–Kier alpha value is -3.26. The van der Waals surface area contributed by atoms with Crippen LogP contribution in [-0.4, -0.2) is 35.2 Å². The first-order valence-electron chi connectivity index (χ1n) is 8.17. The third-order valence-corrected chi connectivity index (χ3v) is 4.44. The van der Waals surface area contributed by atoms with E-state index >= 15 is 0 Å². The normalized spacial score (nSPS) is 10.3. The molecule has 3 rings (SSSR count). The molecule has 1 N–H and O–H groups in total. The molecule has 2 aromatic carbocycles. The van der Waals surface area contributed by atoms with Gasteiger partial charge in [0.1, 0.15) is 16.3 Å². The van der Waals surface area contributed by atoms with Crippen LogP contribution < -0.4 is 10.1 Å². The maximum Gasteiger partial charge on any atom is 0.338 e. The zero-order valence-corrected chi connectivity index (χ0v) is 15.6. The number of carbonyl (C=O) groups excluding carboxylic acids is 2. The lowest BCUT2D eigenvalue weighted by Gasteiger charge is -2.07. The standard InChI is InChI=1S/C19H17N3O4S/c1-3-26-19(24)13-4-8-14(9-5-13)20-18(23)17-16(21-22-27-17)12-6-10-15(25-2)11-7-12/h4-11H,3H2,1-2H3,(H,20,23). The van der Waals surface area contributed by atoms with Gasteiger partial charge in [-0.1, -0.05) is 4.49 Å². The second-order valence-corrected chi connectivity index (χ2v) is 6.19. The van der Waals surface area contributed by atoms with E-state index < -0.39 is 5.97 Å². The number of carbonyl (C=O) groups is 2. The van der Waals surface area contributed by atoms with Crippen LogP contribution in [0.1, 0.15) is 27.0 Å². The summed E-state index contributed by atoms with van der Waals surface area (Å²) in [6.45, 7) is 2.06. The molecule has 0 bridgehead atoms. The Balaban J connectivity index is 1.75. The summed E-state index contributed by atoms with van der Waals surface area (Å²) in [6, 6.07) is 13.7. The summed E-state index contributed by atoms with van der Waals surface area (Å²) in [7, 11) is 1.59. The average Bonchev–Trinajstić information content (AvgIpc) is 3.19. The number of hydrogen-bond donors (Lipinski definition) is 1. The van der Waals surface area contributed by atoms with E-state index in [0.29, 0.717) is 28.4 Å². The maximum atomic E-state index is 12.6. The minimum Gasteiger partial charge on any atom is -0.497 e. The molecule has 0 radical (unpaired) electrons. The van der Waals surface area contributed by atoms with Crippen molar-refractivity contribution in [3.63, 3.8) is 0 Å². The molecule has 8 heteroatoms. The molecule has 1 aromatic heterocycles. The van der Waals surface area contributed by atoms with Gasteiger partial charge in [0.05, 0.1) is 19.3 Å². The highest BCUT2D eigenvalue weighted by Gasteiger charge is 2.18. The first-order chi connectivity index (χ1) is 13.1. The molecule has 3 aromatic rings. The van der Waals surface area contributed by atoms with Gasteiger partial charge in [-0.3, -0.25) is 4.79 Å². The molecule has 0 aliphatic carbocycles. The first-order valence-corrected chi connectivity index (χ1v) is 8.95. The molecule has 0 spiro atoms. The molecule has 0 fully saturated rings. The minimum atomic E-state index is -0.399. The summed E-state index contributed by atoms with van der Waals surface area (Å²) in [6.07, 6.45) is 0. The number of ether oxygens (including phenoxy) is 2. The van der Waals surface area contributed by atoms with E-state index in [1.807, 2.05) is 12.1 Å². The molecular formula is C19H17N3O4S. The number of methoxy groups -OCH3 is 1.